The molecule has 0 nitrogen and oxygen atoms in total. The molecule has 0 aliphatic carbocycles. The third kappa shape index (κ3) is 1.39. The summed E-state index contributed by atoms with van der Waals surface area (Å²) in [5, 5.41) is 0.545. The number of aryl methyl sites for hydroxylation is 2. The Morgan fingerprint density at radius 1 is 0.867 bits per heavy atom. The summed E-state index contributed by atoms with van der Waals surface area (Å²) < 4.78 is 39.9. The maximum atomic E-state index is 13.6. The minimum atomic E-state index is -1.01. The molecule has 15 heavy (non-hydrogen) atoms. The smallest absolute Gasteiger partial charge is 0.162 e. The van der Waals surface area contributed by atoms with Crippen molar-refractivity contribution in [3.05, 3.63) is 46.8 Å². The molecule has 0 aliphatic rings. The molecular weight excluding hydrogens is 201 g/mol. The van der Waals surface area contributed by atoms with Gasteiger partial charge in [-0.15, -0.1) is 0 Å². The van der Waals surface area contributed by atoms with Crippen molar-refractivity contribution < 1.29 is 13.2 Å². The van der Waals surface area contributed by atoms with Crippen LogP contribution in [-0.4, -0.2) is 0 Å². The number of fused-ring (bicyclic) bond motifs is 1. The Morgan fingerprint density at radius 2 is 1.53 bits per heavy atom. The molecule has 0 amide bonds. The van der Waals surface area contributed by atoms with Crippen molar-refractivity contribution in [2.45, 2.75) is 13.8 Å². The predicted octanol–water partition coefficient (Wildman–Crippen LogP) is 3.87. The van der Waals surface area contributed by atoms with E-state index in [9.17, 15) is 13.2 Å². The maximum Gasteiger partial charge on any atom is 0.162 e. The summed E-state index contributed by atoms with van der Waals surface area (Å²) in [5.41, 5.74) is 0.566. The van der Waals surface area contributed by atoms with E-state index >= 15 is 0 Å². The van der Waals surface area contributed by atoms with E-state index in [1.54, 1.807) is 19.1 Å². The second-order valence-electron chi connectivity index (χ2n) is 3.59. The van der Waals surface area contributed by atoms with Crippen molar-refractivity contribution in [3.8, 4) is 0 Å². The van der Waals surface area contributed by atoms with E-state index in [0.717, 1.165) is 6.07 Å². The van der Waals surface area contributed by atoms with E-state index in [1.165, 1.54) is 6.92 Å². The Morgan fingerprint density at radius 3 is 2.20 bits per heavy atom. The second kappa shape index (κ2) is 3.26. The van der Waals surface area contributed by atoms with Gasteiger partial charge in [0.1, 0.15) is 5.82 Å². The summed E-state index contributed by atoms with van der Waals surface area (Å²) in [6.07, 6.45) is 0. The van der Waals surface area contributed by atoms with Crippen LogP contribution < -0.4 is 0 Å². The molecule has 0 aliphatic heterocycles. The minimum Gasteiger partial charge on any atom is -0.206 e. The first-order chi connectivity index (χ1) is 7.02. The largest absolute Gasteiger partial charge is 0.206 e. The van der Waals surface area contributed by atoms with E-state index in [2.05, 4.69) is 0 Å². The Kier molecular flexibility index (Phi) is 2.18. The molecule has 0 heterocycles. The fourth-order valence-corrected chi connectivity index (χ4v) is 1.66. The maximum absolute atomic E-state index is 13.6. The van der Waals surface area contributed by atoms with Gasteiger partial charge in [-0.2, -0.15) is 0 Å². The van der Waals surface area contributed by atoms with Gasteiger partial charge in [-0.25, -0.2) is 13.2 Å². The van der Waals surface area contributed by atoms with E-state index in [-0.39, 0.29) is 10.9 Å². The first-order valence-electron chi connectivity index (χ1n) is 4.55. The fraction of sp³-hybridized carbons (Fsp3) is 0.167. The third-order valence-electron chi connectivity index (χ3n) is 2.59. The summed E-state index contributed by atoms with van der Waals surface area (Å²) in [4.78, 5) is 0. The molecule has 2 aromatic rings. The molecule has 0 aromatic heterocycles. The average molecular weight is 210 g/mol. The Balaban J connectivity index is 2.98. The summed E-state index contributed by atoms with van der Waals surface area (Å²) >= 11 is 0. The van der Waals surface area contributed by atoms with Crippen LogP contribution in [0.3, 0.4) is 0 Å². The Bertz CT molecular complexity index is 544. The van der Waals surface area contributed by atoms with Gasteiger partial charge in [0.15, 0.2) is 11.6 Å². The van der Waals surface area contributed by atoms with Crippen LogP contribution in [0.1, 0.15) is 11.1 Å². The van der Waals surface area contributed by atoms with Gasteiger partial charge in [0.25, 0.3) is 0 Å². The molecule has 0 atom stereocenters. The van der Waals surface area contributed by atoms with Crippen molar-refractivity contribution in [3.63, 3.8) is 0 Å². The van der Waals surface area contributed by atoms with Gasteiger partial charge >= 0.3 is 0 Å². The standard InChI is InChI=1S/C12H9F3/c1-6-3-4-8-7(2)12(15)10(13)5-9(8)11(6)14/h3-5H,1-2H3. The monoisotopic (exact) mass is 210 g/mol. The minimum absolute atomic E-state index is 0.131. The highest BCUT2D eigenvalue weighted by Crippen LogP contribution is 2.27. The Labute approximate surface area is 85.3 Å². The van der Waals surface area contributed by atoms with Crippen molar-refractivity contribution in [2.24, 2.45) is 0 Å². The molecule has 78 valence electrons. The summed E-state index contributed by atoms with van der Waals surface area (Å²) in [6.45, 7) is 3.03. The molecule has 0 unspecified atom stereocenters. The fourth-order valence-electron chi connectivity index (χ4n) is 1.66. The first-order valence-corrected chi connectivity index (χ1v) is 4.55. The van der Waals surface area contributed by atoms with Crippen LogP contribution in [0.15, 0.2) is 18.2 Å². The number of rotatable bonds is 0. The lowest BCUT2D eigenvalue weighted by Crippen LogP contribution is -1.94. The van der Waals surface area contributed by atoms with Crippen LogP contribution in [0.5, 0.6) is 0 Å². The van der Waals surface area contributed by atoms with Gasteiger partial charge in [0.2, 0.25) is 0 Å². The molecule has 0 fully saturated rings. The normalized spacial score (nSPS) is 11.0. The lowest BCUT2D eigenvalue weighted by atomic mass is 10.0. The van der Waals surface area contributed by atoms with E-state index in [0.29, 0.717) is 10.9 Å². The molecule has 0 N–H and O–H groups in total. The number of benzene rings is 2. The molecular formula is C12H9F3. The predicted molar refractivity (Wildman–Crippen MR) is 53.3 cm³/mol. The van der Waals surface area contributed by atoms with Gasteiger partial charge in [0.05, 0.1) is 0 Å². The Hall–Kier alpha value is -1.51. The lowest BCUT2D eigenvalue weighted by molar-refractivity contribution is 0.505. The highest BCUT2D eigenvalue weighted by atomic mass is 19.2. The zero-order valence-electron chi connectivity index (χ0n) is 8.37. The summed E-state index contributed by atoms with van der Waals surface area (Å²) in [7, 11) is 0. The van der Waals surface area contributed by atoms with Crippen LogP contribution in [0, 0.1) is 31.3 Å². The molecule has 2 rings (SSSR count). The number of hydrogen-bond donors (Lipinski definition) is 0. The van der Waals surface area contributed by atoms with Gasteiger partial charge < -0.3 is 0 Å². The first kappa shape index (κ1) is 10.0. The molecule has 3 heteroatoms. The van der Waals surface area contributed by atoms with Crippen molar-refractivity contribution >= 4 is 10.8 Å². The van der Waals surface area contributed by atoms with Crippen LogP contribution in [-0.2, 0) is 0 Å². The zero-order chi connectivity index (χ0) is 11.2. The van der Waals surface area contributed by atoms with E-state index in [4.69, 9.17) is 0 Å². The van der Waals surface area contributed by atoms with Crippen LogP contribution in [0.2, 0.25) is 0 Å². The van der Waals surface area contributed by atoms with Crippen molar-refractivity contribution in [1.29, 1.82) is 0 Å². The average Bonchev–Trinajstić information content (AvgIpc) is 2.21. The molecule has 0 spiro atoms. The van der Waals surface area contributed by atoms with Crippen LogP contribution >= 0.6 is 0 Å². The molecule has 2 aromatic carbocycles. The van der Waals surface area contributed by atoms with Gasteiger partial charge in [-0.3, -0.25) is 0 Å². The molecule has 0 radical (unpaired) electrons. The molecule has 0 saturated heterocycles. The van der Waals surface area contributed by atoms with Crippen molar-refractivity contribution in [2.75, 3.05) is 0 Å². The summed E-state index contributed by atoms with van der Waals surface area (Å²) in [6, 6.07) is 4.06. The van der Waals surface area contributed by atoms with Gasteiger partial charge in [-0.1, -0.05) is 12.1 Å². The SMILES string of the molecule is Cc1ccc2c(C)c(F)c(F)cc2c1F. The van der Waals surface area contributed by atoms with Crippen LogP contribution in [0.4, 0.5) is 13.2 Å². The lowest BCUT2D eigenvalue weighted by Gasteiger charge is -2.07. The topological polar surface area (TPSA) is 0 Å². The van der Waals surface area contributed by atoms with Crippen LogP contribution in [0.25, 0.3) is 10.8 Å². The van der Waals surface area contributed by atoms with E-state index in [1.807, 2.05) is 0 Å². The quantitative estimate of drug-likeness (QED) is 0.619. The third-order valence-corrected chi connectivity index (χ3v) is 2.59. The number of hydrogen-bond acceptors (Lipinski definition) is 0. The molecule has 0 bridgehead atoms. The highest BCUT2D eigenvalue weighted by Gasteiger charge is 2.13. The highest BCUT2D eigenvalue weighted by molar-refractivity contribution is 5.87. The zero-order valence-corrected chi connectivity index (χ0v) is 8.37. The summed E-state index contributed by atoms with van der Waals surface area (Å²) in [5.74, 6) is -2.41. The second-order valence-corrected chi connectivity index (χ2v) is 3.59. The van der Waals surface area contributed by atoms with Crippen molar-refractivity contribution in [1.82, 2.24) is 0 Å². The number of halogens is 3. The van der Waals surface area contributed by atoms with Gasteiger partial charge in [-0.05, 0) is 36.4 Å². The van der Waals surface area contributed by atoms with Gasteiger partial charge in [0, 0.05) is 5.39 Å². The van der Waals surface area contributed by atoms with E-state index < -0.39 is 17.5 Å². The molecule has 0 saturated carbocycles.